The molecule has 170 valence electrons. The van der Waals surface area contributed by atoms with Gasteiger partial charge in [-0.15, -0.1) is 0 Å². The Morgan fingerprint density at radius 3 is 2.67 bits per heavy atom. The summed E-state index contributed by atoms with van der Waals surface area (Å²) in [6.45, 7) is 4.57. The number of nitrogens with zero attached hydrogens (tertiary/aromatic N) is 4. The largest absolute Gasteiger partial charge is 0.416 e. The van der Waals surface area contributed by atoms with Gasteiger partial charge in [-0.2, -0.15) is 13.2 Å². The van der Waals surface area contributed by atoms with Crippen LogP contribution in [0.5, 0.6) is 0 Å². The molecule has 5 rings (SSSR count). The van der Waals surface area contributed by atoms with Gasteiger partial charge < -0.3 is 4.74 Å². The molecule has 0 fully saturated rings. The van der Waals surface area contributed by atoms with Crippen LogP contribution in [0.1, 0.15) is 52.3 Å². The molecule has 3 aromatic rings. The first-order chi connectivity index (χ1) is 15.8. The van der Waals surface area contributed by atoms with Crippen LogP contribution in [0.25, 0.3) is 16.9 Å². The minimum Gasteiger partial charge on any atom is -0.377 e. The fraction of sp³-hybridized carbons (Fsp3) is 0.320. The highest BCUT2D eigenvalue weighted by molar-refractivity contribution is 5.85. The van der Waals surface area contributed by atoms with Gasteiger partial charge in [-0.05, 0) is 43.0 Å². The van der Waals surface area contributed by atoms with Crippen LogP contribution >= 0.6 is 0 Å². The molecule has 1 aromatic carbocycles. The molecule has 0 atom stereocenters. The van der Waals surface area contributed by atoms with E-state index >= 15 is 0 Å². The summed E-state index contributed by atoms with van der Waals surface area (Å²) in [7, 11) is 0. The lowest BCUT2D eigenvalue weighted by Crippen LogP contribution is -2.10. The van der Waals surface area contributed by atoms with Crippen LogP contribution in [-0.2, 0) is 17.3 Å². The van der Waals surface area contributed by atoms with Gasteiger partial charge in [0.1, 0.15) is 5.69 Å². The zero-order chi connectivity index (χ0) is 23.2. The quantitative estimate of drug-likeness (QED) is 0.520. The van der Waals surface area contributed by atoms with E-state index in [-0.39, 0.29) is 5.56 Å². The molecule has 2 aliphatic rings. The molecule has 0 N–H and O–H groups in total. The maximum atomic E-state index is 13.5. The third-order valence-corrected chi connectivity index (χ3v) is 6.20. The predicted octanol–water partition coefficient (Wildman–Crippen LogP) is 5.57. The number of allylic oxidation sites excluding steroid dienone is 1. The monoisotopic (exact) mass is 452 g/mol. The van der Waals surface area contributed by atoms with E-state index in [1.807, 2.05) is 35.9 Å². The molecule has 0 bridgehead atoms. The Kier molecular flexibility index (Phi) is 5.40. The molecular formula is C25H23F3N4O. The lowest BCUT2D eigenvalue weighted by Gasteiger charge is -2.16. The normalized spacial score (nSPS) is 16.4. The Morgan fingerprint density at radius 1 is 1.12 bits per heavy atom. The Hall–Kier alpha value is -3.26. The summed E-state index contributed by atoms with van der Waals surface area (Å²) in [5, 5.41) is 0. The SMILES string of the molecule is Cc1nc2c(C3=CCC=N3)nc(C3=CCOCC3)cn2c1Cc1cccc(C(F)(F)F)c1C. The van der Waals surface area contributed by atoms with Crippen molar-refractivity contribution in [2.45, 2.75) is 39.3 Å². The summed E-state index contributed by atoms with van der Waals surface area (Å²) in [6.07, 6.45) is 5.22. The standard InChI is InChI=1S/C25H23F3N4O/c1-15-18(5-3-6-19(15)25(26,27)28)13-22-16(2)30-24-23(20-7-4-10-29-20)31-21(14-32(22)24)17-8-11-33-12-9-17/h3,5-8,10,14H,4,9,11-13H2,1-2H3. The summed E-state index contributed by atoms with van der Waals surface area (Å²) < 4.78 is 47.8. The average Bonchev–Trinajstić information content (AvgIpc) is 3.43. The van der Waals surface area contributed by atoms with E-state index in [0.29, 0.717) is 36.5 Å². The van der Waals surface area contributed by atoms with E-state index < -0.39 is 11.7 Å². The number of ether oxygens (including phenoxy) is 1. The van der Waals surface area contributed by atoms with Crippen molar-refractivity contribution in [2.24, 2.45) is 4.99 Å². The number of hydrogen-bond acceptors (Lipinski definition) is 4. The Labute approximate surface area is 189 Å². The van der Waals surface area contributed by atoms with Gasteiger partial charge in [0.15, 0.2) is 5.65 Å². The van der Waals surface area contributed by atoms with Crippen LogP contribution in [0.4, 0.5) is 13.2 Å². The maximum absolute atomic E-state index is 13.5. The molecule has 0 saturated heterocycles. The highest BCUT2D eigenvalue weighted by atomic mass is 19.4. The highest BCUT2D eigenvalue weighted by Crippen LogP contribution is 2.34. The second kappa shape index (κ2) is 8.26. The molecule has 2 aliphatic heterocycles. The zero-order valence-electron chi connectivity index (χ0n) is 18.4. The Balaban J connectivity index is 1.68. The van der Waals surface area contributed by atoms with E-state index in [2.05, 4.69) is 4.99 Å². The molecule has 0 unspecified atom stereocenters. The second-order valence-electron chi connectivity index (χ2n) is 8.27. The van der Waals surface area contributed by atoms with Gasteiger partial charge in [-0.25, -0.2) is 9.97 Å². The van der Waals surface area contributed by atoms with Gasteiger partial charge in [0.25, 0.3) is 0 Å². The molecule has 4 heterocycles. The van der Waals surface area contributed by atoms with Gasteiger partial charge >= 0.3 is 6.18 Å². The van der Waals surface area contributed by atoms with Crippen molar-refractivity contribution in [1.29, 1.82) is 0 Å². The van der Waals surface area contributed by atoms with Gasteiger partial charge in [0, 0.05) is 30.9 Å². The zero-order valence-corrected chi connectivity index (χ0v) is 18.4. The number of fused-ring (bicyclic) bond motifs is 1. The Morgan fingerprint density at radius 2 is 1.97 bits per heavy atom. The average molecular weight is 452 g/mol. The summed E-state index contributed by atoms with van der Waals surface area (Å²) >= 11 is 0. The number of rotatable bonds is 4. The topological polar surface area (TPSA) is 51.8 Å². The molecule has 5 nitrogen and oxygen atoms in total. The van der Waals surface area contributed by atoms with Gasteiger partial charge in [0.2, 0.25) is 0 Å². The second-order valence-corrected chi connectivity index (χ2v) is 8.27. The lowest BCUT2D eigenvalue weighted by atomic mass is 9.98. The van der Waals surface area contributed by atoms with Gasteiger partial charge in [-0.1, -0.05) is 24.3 Å². The smallest absolute Gasteiger partial charge is 0.377 e. The van der Waals surface area contributed by atoms with Crippen LogP contribution in [0, 0.1) is 13.8 Å². The maximum Gasteiger partial charge on any atom is 0.416 e. The fourth-order valence-corrected chi connectivity index (χ4v) is 4.39. The first kappa shape index (κ1) is 21.6. The van der Waals surface area contributed by atoms with Crippen molar-refractivity contribution >= 4 is 23.1 Å². The predicted molar refractivity (Wildman–Crippen MR) is 121 cm³/mol. The summed E-state index contributed by atoms with van der Waals surface area (Å²) in [4.78, 5) is 14.1. The van der Waals surface area contributed by atoms with Crippen molar-refractivity contribution in [3.05, 3.63) is 76.0 Å². The first-order valence-corrected chi connectivity index (χ1v) is 10.9. The number of hydrogen-bond donors (Lipinski definition) is 0. The molecule has 0 radical (unpaired) electrons. The van der Waals surface area contributed by atoms with E-state index in [9.17, 15) is 13.2 Å². The summed E-state index contributed by atoms with van der Waals surface area (Å²) in [5.74, 6) is 0. The first-order valence-electron chi connectivity index (χ1n) is 10.9. The molecule has 33 heavy (non-hydrogen) atoms. The molecule has 0 spiro atoms. The fourth-order valence-electron chi connectivity index (χ4n) is 4.39. The van der Waals surface area contributed by atoms with E-state index in [1.54, 1.807) is 6.07 Å². The minimum absolute atomic E-state index is 0.240. The summed E-state index contributed by atoms with van der Waals surface area (Å²) in [5.41, 5.74) is 5.86. The number of halogens is 3. The van der Waals surface area contributed by atoms with Crippen molar-refractivity contribution in [1.82, 2.24) is 14.4 Å². The lowest BCUT2D eigenvalue weighted by molar-refractivity contribution is -0.138. The number of aliphatic imine (C=N–C) groups is 1. The van der Waals surface area contributed by atoms with Gasteiger partial charge in [-0.3, -0.25) is 9.39 Å². The molecular weight excluding hydrogens is 429 g/mol. The summed E-state index contributed by atoms with van der Waals surface area (Å²) in [6, 6.07) is 4.34. The van der Waals surface area contributed by atoms with E-state index in [1.165, 1.54) is 13.0 Å². The third-order valence-electron chi connectivity index (χ3n) is 6.20. The van der Waals surface area contributed by atoms with Crippen molar-refractivity contribution < 1.29 is 17.9 Å². The number of imidazole rings is 1. The third kappa shape index (κ3) is 3.99. The van der Waals surface area contributed by atoms with Crippen molar-refractivity contribution in [3.63, 3.8) is 0 Å². The molecule has 2 aromatic heterocycles. The van der Waals surface area contributed by atoms with Crippen LogP contribution in [0.3, 0.4) is 0 Å². The minimum atomic E-state index is -4.39. The highest BCUT2D eigenvalue weighted by Gasteiger charge is 2.33. The van der Waals surface area contributed by atoms with Crippen molar-refractivity contribution in [2.75, 3.05) is 13.2 Å². The number of aromatic nitrogens is 3. The number of alkyl halides is 3. The molecule has 0 aliphatic carbocycles. The van der Waals surface area contributed by atoms with Crippen LogP contribution in [-0.4, -0.2) is 33.8 Å². The molecule has 0 saturated carbocycles. The Bertz CT molecular complexity index is 1330. The number of aryl methyl sites for hydroxylation is 1. The van der Waals surface area contributed by atoms with E-state index in [4.69, 9.17) is 14.7 Å². The molecule has 0 amide bonds. The van der Waals surface area contributed by atoms with Crippen LogP contribution < -0.4 is 0 Å². The molecule has 8 heteroatoms. The van der Waals surface area contributed by atoms with Gasteiger partial charge in [0.05, 0.1) is 35.9 Å². The van der Waals surface area contributed by atoms with E-state index in [0.717, 1.165) is 47.3 Å². The number of benzene rings is 1. The van der Waals surface area contributed by atoms with Crippen LogP contribution in [0.15, 0.2) is 41.5 Å². The van der Waals surface area contributed by atoms with Crippen molar-refractivity contribution in [3.8, 4) is 0 Å². The van der Waals surface area contributed by atoms with Crippen LogP contribution in [0.2, 0.25) is 0 Å².